The Kier molecular flexibility index (Phi) is 4.99. The van der Waals surface area contributed by atoms with Gasteiger partial charge in [0.1, 0.15) is 5.75 Å². The van der Waals surface area contributed by atoms with Gasteiger partial charge in [0, 0.05) is 12.5 Å². The van der Waals surface area contributed by atoms with E-state index in [1.807, 2.05) is 31.2 Å². The molecule has 1 N–H and O–H groups in total. The van der Waals surface area contributed by atoms with Crippen LogP contribution in [0.1, 0.15) is 50.6 Å². The van der Waals surface area contributed by atoms with E-state index >= 15 is 0 Å². The zero-order valence-corrected chi connectivity index (χ0v) is 14.5. The predicted molar refractivity (Wildman–Crippen MR) is 91.0 cm³/mol. The summed E-state index contributed by atoms with van der Waals surface area (Å²) >= 11 is 0. The molecule has 3 rings (SSSR count). The van der Waals surface area contributed by atoms with Crippen molar-refractivity contribution in [3.05, 3.63) is 29.8 Å². The lowest BCUT2D eigenvalue weighted by Crippen LogP contribution is -2.56. The molecule has 1 saturated carbocycles. The van der Waals surface area contributed by atoms with Gasteiger partial charge in [-0.15, -0.1) is 0 Å². The summed E-state index contributed by atoms with van der Waals surface area (Å²) in [5.41, 5.74) is 0.361. The zero-order chi connectivity index (χ0) is 17.2. The van der Waals surface area contributed by atoms with Crippen molar-refractivity contribution in [2.45, 2.75) is 50.7 Å². The Balaban J connectivity index is 1.96. The van der Waals surface area contributed by atoms with Crippen molar-refractivity contribution in [2.24, 2.45) is 5.92 Å². The number of methoxy groups -OCH3 is 1. The maximum absolute atomic E-state index is 12.5. The molecule has 0 spiro atoms. The van der Waals surface area contributed by atoms with E-state index < -0.39 is 5.60 Å². The maximum Gasteiger partial charge on any atom is 0.410 e. The van der Waals surface area contributed by atoms with Crippen molar-refractivity contribution in [2.75, 3.05) is 20.3 Å². The summed E-state index contributed by atoms with van der Waals surface area (Å²) < 4.78 is 10.5. The zero-order valence-electron chi connectivity index (χ0n) is 14.5. The Labute approximate surface area is 143 Å². The van der Waals surface area contributed by atoms with E-state index in [1.165, 1.54) is 0 Å². The van der Waals surface area contributed by atoms with Crippen LogP contribution in [0.4, 0.5) is 4.79 Å². The Morgan fingerprint density at radius 1 is 1.29 bits per heavy atom. The number of likely N-dealkylation sites (tertiary alicyclic amines) is 1. The second kappa shape index (κ2) is 7.01. The molecular formula is C19H27NO4. The summed E-state index contributed by atoms with van der Waals surface area (Å²) in [5, 5.41) is 11.1. The Morgan fingerprint density at radius 2 is 2.04 bits per heavy atom. The van der Waals surface area contributed by atoms with Crippen LogP contribution in [0.5, 0.6) is 5.75 Å². The Hall–Kier alpha value is -1.75. The van der Waals surface area contributed by atoms with Gasteiger partial charge in [-0.25, -0.2) is 4.79 Å². The van der Waals surface area contributed by atoms with E-state index in [4.69, 9.17) is 9.47 Å². The minimum atomic E-state index is -0.675. The fourth-order valence-corrected chi connectivity index (χ4v) is 4.31. The summed E-state index contributed by atoms with van der Waals surface area (Å²) in [6.45, 7) is 2.71. The molecule has 5 nitrogen and oxygen atoms in total. The number of carbonyl (C=O) groups is 1. The number of hydrogen-bond donors (Lipinski definition) is 1. The number of fused-ring (bicyclic) bond motifs is 1. The number of carbonyl (C=O) groups excluding carboxylic acids is 1. The van der Waals surface area contributed by atoms with E-state index in [2.05, 4.69) is 0 Å². The molecule has 1 aromatic rings. The fourth-order valence-electron chi connectivity index (χ4n) is 4.31. The number of amides is 1. The maximum atomic E-state index is 12.5. The molecular weight excluding hydrogens is 306 g/mol. The summed E-state index contributed by atoms with van der Waals surface area (Å²) in [4.78, 5) is 14.3. The second-order valence-corrected chi connectivity index (χ2v) is 6.82. The standard InChI is InChI=1S/C19H27NO4/c1-3-24-18(21)20-13-12-19(22)11-5-4-6-16(19)17(20)14-7-9-15(23-2)10-8-14/h7-10,16-17,22H,3-6,11-13H2,1-2H3/t16-,17-,19+/m0/s1. The SMILES string of the molecule is CCOC(=O)N1CC[C@]2(O)CCCC[C@H]2[C@@H]1c1ccc(OC)cc1. The van der Waals surface area contributed by atoms with E-state index in [-0.39, 0.29) is 18.1 Å². The number of nitrogens with zero attached hydrogens (tertiary/aromatic N) is 1. The molecule has 0 aromatic heterocycles. The van der Waals surface area contributed by atoms with Gasteiger partial charge < -0.3 is 19.5 Å². The van der Waals surface area contributed by atoms with Crippen LogP contribution in [-0.4, -0.2) is 42.0 Å². The highest BCUT2D eigenvalue weighted by molar-refractivity contribution is 5.68. The predicted octanol–water partition coefficient (Wildman–Crippen LogP) is 3.52. The molecule has 24 heavy (non-hydrogen) atoms. The third kappa shape index (κ3) is 3.09. The van der Waals surface area contributed by atoms with Crippen LogP contribution in [0.25, 0.3) is 0 Å². The first-order valence-corrected chi connectivity index (χ1v) is 8.89. The first-order chi connectivity index (χ1) is 11.6. The molecule has 5 heteroatoms. The van der Waals surface area contributed by atoms with Crippen LogP contribution in [-0.2, 0) is 4.74 Å². The van der Waals surface area contributed by atoms with Gasteiger partial charge in [0.15, 0.2) is 0 Å². The van der Waals surface area contributed by atoms with E-state index in [1.54, 1.807) is 12.0 Å². The molecule has 1 heterocycles. The van der Waals surface area contributed by atoms with Crippen molar-refractivity contribution >= 4 is 6.09 Å². The van der Waals surface area contributed by atoms with Crippen LogP contribution in [0, 0.1) is 5.92 Å². The van der Waals surface area contributed by atoms with Crippen LogP contribution in [0.2, 0.25) is 0 Å². The fraction of sp³-hybridized carbons (Fsp3) is 0.632. The molecule has 1 aromatic carbocycles. The molecule has 1 saturated heterocycles. The van der Waals surface area contributed by atoms with Crippen LogP contribution in [0.3, 0.4) is 0 Å². The van der Waals surface area contributed by atoms with Gasteiger partial charge in [-0.05, 0) is 43.9 Å². The number of aliphatic hydroxyl groups is 1. The molecule has 0 radical (unpaired) electrons. The Bertz CT molecular complexity index is 573. The smallest absolute Gasteiger partial charge is 0.410 e. The van der Waals surface area contributed by atoms with E-state index in [0.717, 1.165) is 37.0 Å². The molecule has 1 amide bonds. The molecule has 1 aliphatic heterocycles. The highest BCUT2D eigenvalue weighted by atomic mass is 16.6. The van der Waals surface area contributed by atoms with Gasteiger partial charge >= 0.3 is 6.09 Å². The third-order valence-corrected chi connectivity index (χ3v) is 5.53. The summed E-state index contributed by atoms with van der Waals surface area (Å²) in [6, 6.07) is 7.67. The average Bonchev–Trinajstić information content (AvgIpc) is 2.60. The molecule has 0 bridgehead atoms. The molecule has 0 unspecified atom stereocenters. The summed E-state index contributed by atoms with van der Waals surface area (Å²) in [7, 11) is 1.64. The highest BCUT2D eigenvalue weighted by Gasteiger charge is 2.50. The lowest BCUT2D eigenvalue weighted by molar-refractivity contribution is -0.118. The quantitative estimate of drug-likeness (QED) is 0.919. The van der Waals surface area contributed by atoms with Crippen LogP contribution < -0.4 is 4.74 Å². The summed E-state index contributed by atoms with van der Waals surface area (Å²) in [6.07, 6.45) is 4.25. The largest absolute Gasteiger partial charge is 0.497 e. The Morgan fingerprint density at radius 3 is 2.71 bits per heavy atom. The number of piperidine rings is 1. The molecule has 132 valence electrons. The monoisotopic (exact) mass is 333 g/mol. The van der Waals surface area contributed by atoms with Gasteiger partial charge in [-0.3, -0.25) is 0 Å². The van der Waals surface area contributed by atoms with Crippen LogP contribution in [0.15, 0.2) is 24.3 Å². The molecule has 2 aliphatic rings. The van der Waals surface area contributed by atoms with Crippen molar-refractivity contribution in [3.8, 4) is 5.75 Å². The van der Waals surface area contributed by atoms with Gasteiger partial charge in [-0.2, -0.15) is 0 Å². The van der Waals surface area contributed by atoms with Gasteiger partial charge in [0.25, 0.3) is 0 Å². The minimum Gasteiger partial charge on any atom is -0.497 e. The first kappa shape index (κ1) is 17.1. The number of ether oxygens (including phenoxy) is 2. The number of benzene rings is 1. The third-order valence-electron chi connectivity index (χ3n) is 5.53. The topological polar surface area (TPSA) is 59.0 Å². The van der Waals surface area contributed by atoms with Crippen molar-refractivity contribution in [1.82, 2.24) is 4.90 Å². The van der Waals surface area contributed by atoms with Gasteiger partial charge in [-0.1, -0.05) is 25.0 Å². The van der Waals surface area contributed by atoms with Crippen molar-refractivity contribution in [1.29, 1.82) is 0 Å². The van der Waals surface area contributed by atoms with E-state index in [9.17, 15) is 9.90 Å². The number of rotatable bonds is 3. The first-order valence-electron chi connectivity index (χ1n) is 8.89. The molecule has 2 fully saturated rings. The minimum absolute atomic E-state index is 0.0535. The van der Waals surface area contributed by atoms with E-state index in [0.29, 0.717) is 19.6 Å². The molecule has 1 aliphatic carbocycles. The summed E-state index contributed by atoms with van der Waals surface area (Å²) in [5.74, 6) is 0.842. The lowest BCUT2D eigenvalue weighted by atomic mass is 9.66. The van der Waals surface area contributed by atoms with Gasteiger partial charge in [0.05, 0.1) is 25.4 Å². The van der Waals surface area contributed by atoms with Crippen molar-refractivity contribution in [3.63, 3.8) is 0 Å². The van der Waals surface area contributed by atoms with Crippen molar-refractivity contribution < 1.29 is 19.4 Å². The second-order valence-electron chi connectivity index (χ2n) is 6.82. The lowest BCUT2D eigenvalue weighted by Gasteiger charge is -2.52. The average molecular weight is 333 g/mol. The normalized spacial score (nSPS) is 29.7. The van der Waals surface area contributed by atoms with Gasteiger partial charge in [0.2, 0.25) is 0 Å². The van der Waals surface area contributed by atoms with Crippen LogP contribution >= 0.6 is 0 Å². The highest BCUT2D eigenvalue weighted by Crippen LogP contribution is 2.49. The number of hydrogen-bond acceptors (Lipinski definition) is 4. The molecule has 3 atom stereocenters.